The quantitative estimate of drug-likeness (QED) is 0.679. The Morgan fingerprint density at radius 1 is 1.57 bits per heavy atom. The second-order valence-electron chi connectivity index (χ2n) is 3.83. The fraction of sp³-hybridized carbons (Fsp3) is 0.800. The molecule has 0 aromatic rings. The summed E-state index contributed by atoms with van der Waals surface area (Å²) in [6, 6.07) is -0.0973. The Hall–Kier alpha value is -0.900. The summed E-state index contributed by atoms with van der Waals surface area (Å²) >= 11 is 0. The van der Waals surface area contributed by atoms with Crippen LogP contribution >= 0.6 is 0 Å². The fourth-order valence-corrected chi connectivity index (χ4v) is 2.09. The molecule has 1 saturated heterocycles. The minimum atomic E-state index is -0.976. The number of rotatable bonds is 4. The number of hydrogen-bond donors (Lipinski definition) is 1. The van der Waals surface area contributed by atoms with Gasteiger partial charge in [-0.1, -0.05) is 6.92 Å². The summed E-state index contributed by atoms with van der Waals surface area (Å²) < 4.78 is 0. The van der Waals surface area contributed by atoms with Crippen molar-refractivity contribution < 1.29 is 14.7 Å². The average Bonchev–Trinajstić information content (AvgIpc) is 2.52. The van der Waals surface area contributed by atoms with Crippen LogP contribution in [0.2, 0.25) is 0 Å². The zero-order chi connectivity index (χ0) is 10.7. The molecule has 1 aliphatic heterocycles. The third kappa shape index (κ3) is 2.12. The summed E-state index contributed by atoms with van der Waals surface area (Å²) in [4.78, 5) is 24.4. The zero-order valence-electron chi connectivity index (χ0n) is 8.69. The topological polar surface area (TPSA) is 57.6 Å². The van der Waals surface area contributed by atoms with Crippen LogP contribution in [-0.2, 0) is 9.59 Å². The molecule has 0 radical (unpaired) electrons. The van der Waals surface area contributed by atoms with E-state index in [9.17, 15) is 9.59 Å². The molecule has 1 aliphatic rings. The largest absolute Gasteiger partial charge is 0.481 e. The van der Waals surface area contributed by atoms with Gasteiger partial charge in [0.05, 0.1) is 0 Å². The summed E-state index contributed by atoms with van der Waals surface area (Å²) in [5, 5.41) is 9.01. The van der Waals surface area contributed by atoms with Gasteiger partial charge < -0.3 is 10.0 Å². The van der Waals surface area contributed by atoms with Gasteiger partial charge in [-0.15, -0.1) is 0 Å². The molecule has 4 heteroatoms. The van der Waals surface area contributed by atoms with E-state index in [2.05, 4.69) is 0 Å². The molecule has 1 rings (SSSR count). The SMILES string of the molecule is CCC(=O)C(C(=O)O)C1CCCN1C. The maximum Gasteiger partial charge on any atom is 0.315 e. The first kappa shape index (κ1) is 11.2. The van der Waals surface area contributed by atoms with Gasteiger partial charge in [0.15, 0.2) is 0 Å². The molecule has 2 unspecified atom stereocenters. The van der Waals surface area contributed by atoms with Crippen LogP contribution in [0.4, 0.5) is 0 Å². The van der Waals surface area contributed by atoms with Gasteiger partial charge in [-0.25, -0.2) is 0 Å². The van der Waals surface area contributed by atoms with Crippen molar-refractivity contribution in [3.05, 3.63) is 0 Å². The molecule has 0 spiro atoms. The monoisotopic (exact) mass is 199 g/mol. The first-order chi connectivity index (χ1) is 6.57. The van der Waals surface area contributed by atoms with Crippen LogP contribution in [0.25, 0.3) is 0 Å². The molecule has 0 aromatic heterocycles. The smallest absolute Gasteiger partial charge is 0.315 e. The van der Waals surface area contributed by atoms with E-state index in [0.29, 0.717) is 6.42 Å². The lowest BCUT2D eigenvalue weighted by Crippen LogP contribution is -2.41. The highest BCUT2D eigenvalue weighted by Gasteiger charge is 2.37. The highest BCUT2D eigenvalue weighted by Crippen LogP contribution is 2.24. The zero-order valence-corrected chi connectivity index (χ0v) is 8.69. The van der Waals surface area contributed by atoms with E-state index >= 15 is 0 Å². The van der Waals surface area contributed by atoms with Crippen molar-refractivity contribution in [3.63, 3.8) is 0 Å². The normalized spacial score (nSPS) is 24.9. The summed E-state index contributed by atoms with van der Waals surface area (Å²) in [6.07, 6.45) is 2.11. The number of carboxylic acids is 1. The maximum absolute atomic E-state index is 11.5. The van der Waals surface area contributed by atoms with Crippen molar-refractivity contribution in [2.75, 3.05) is 13.6 Å². The molecule has 80 valence electrons. The molecule has 4 nitrogen and oxygen atoms in total. The van der Waals surface area contributed by atoms with Crippen LogP contribution < -0.4 is 0 Å². The van der Waals surface area contributed by atoms with Crippen molar-refractivity contribution in [2.45, 2.75) is 32.2 Å². The third-order valence-electron chi connectivity index (χ3n) is 2.92. The molecule has 0 aliphatic carbocycles. The highest BCUT2D eigenvalue weighted by molar-refractivity contribution is 5.98. The summed E-state index contributed by atoms with van der Waals surface area (Å²) in [5.41, 5.74) is 0. The Morgan fingerprint density at radius 2 is 2.21 bits per heavy atom. The number of Topliss-reactive ketones (excluding diaryl/α,β-unsaturated/α-hetero) is 1. The molecular weight excluding hydrogens is 182 g/mol. The first-order valence-corrected chi connectivity index (χ1v) is 5.03. The maximum atomic E-state index is 11.5. The lowest BCUT2D eigenvalue weighted by atomic mass is 9.92. The predicted molar refractivity (Wildman–Crippen MR) is 52.1 cm³/mol. The van der Waals surface area contributed by atoms with E-state index in [1.165, 1.54) is 0 Å². The second-order valence-corrected chi connectivity index (χ2v) is 3.83. The van der Waals surface area contributed by atoms with Crippen LogP contribution in [0.3, 0.4) is 0 Å². The van der Waals surface area contributed by atoms with Crippen molar-refractivity contribution in [1.82, 2.24) is 4.90 Å². The summed E-state index contributed by atoms with van der Waals surface area (Å²) in [7, 11) is 1.89. The molecule has 1 fully saturated rings. The van der Waals surface area contributed by atoms with Crippen LogP contribution in [0, 0.1) is 5.92 Å². The van der Waals surface area contributed by atoms with E-state index in [0.717, 1.165) is 19.4 Å². The molecule has 0 bridgehead atoms. The number of carbonyl (C=O) groups excluding carboxylic acids is 1. The minimum absolute atomic E-state index is 0.0973. The van der Waals surface area contributed by atoms with Gasteiger partial charge in [-0.2, -0.15) is 0 Å². The van der Waals surface area contributed by atoms with Crippen LogP contribution in [-0.4, -0.2) is 41.4 Å². The van der Waals surface area contributed by atoms with E-state index in [1.807, 2.05) is 11.9 Å². The minimum Gasteiger partial charge on any atom is -0.481 e. The van der Waals surface area contributed by atoms with Gasteiger partial charge in [-0.3, -0.25) is 9.59 Å². The van der Waals surface area contributed by atoms with Crippen molar-refractivity contribution >= 4 is 11.8 Å². The Morgan fingerprint density at radius 3 is 2.57 bits per heavy atom. The Labute approximate surface area is 83.9 Å². The van der Waals surface area contributed by atoms with Crippen molar-refractivity contribution in [1.29, 1.82) is 0 Å². The van der Waals surface area contributed by atoms with Crippen LogP contribution in [0.1, 0.15) is 26.2 Å². The van der Waals surface area contributed by atoms with Crippen LogP contribution in [0.15, 0.2) is 0 Å². The first-order valence-electron chi connectivity index (χ1n) is 5.03. The number of nitrogens with zero attached hydrogens (tertiary/aromatic N) is 1. The predicted octanol–water partition coefficient (Wildman–Crippen LogP) is 0.760. The number of likely N-dealkylation sites (tertiary alicyclic amines) is 1. The number of carbonyl (C=O) groups is 2. The van der Waals surface area contributed by atoms with Gasteiger partial charge in [0.1, 0.15) is 11.7 Å². The molecule has 1 heterocycles. The van der Waals surface area contributed by atoms with Crippen LogP contribution in [0.5, 0.6) is 0 Å². The van der Waals surface area contributed by atoms with Gasteiger partial charge in [0.2, 0.25) is 0 Å². The molecule has 0 saturated carbocycles. The lowest BCUT2D eigenvalue weighted by Gasteiger charge is -2.24. The Balaban J connectivity index is 2.76. The van der Waals surface area contributed by atoms with Crippen molar-refractivity contribution in [3.8, 4) is 0 Å². The van der Waals surface area contributed by atoms with E-state index in [-0.39, 0.29) is 11.8 Å². The standard InChI is InChI=1S/C10H17NO3/c1-3-8(12)9(10(13)14)7-5-4-6-11(7)2/h7,9H,3-6H2,1-2H3,(H,13,14). The Bertz CT molecular complexity index is 240. The molecule has 0 amide bonds. The molecule has 2 atom stereocenters. The Kier molecular flexibility index (Phi) is 3.63. The number of aliphatic carboxylic acids is 1. The fourth-order valence-electron chi connectivity index (χ4n) is 2.09. The van der Waals surface area contributed by atoms with E-state index < -0.39 is 11.9 Å². The summed E-state index contributed by atoms with van der Waals surface area (Å²) in [5.74, 6) is -1.96. The highest BCUT2D eigenvalue weighted by atomic mass is 16.4. The number of ketones is 1. The molecule has 14 heavy (non-hydrogen) atoms. The van der Waals surface area contributed by atoms with E-state index in [1.54, 1.807) is 6.92 Å². The third-order valence-corrected chi connectivity index (χ3v) is 2.92. The number of carboxylic acid groups (broad SMARTS) is 1. The number of hydrogen-bond acceptors (Lipinski definition) is 3. The van der Waals surface area contributed by atoms with Crippen molar-refractivity contribution in [2.24, 2.45) is 5.92 Å². The molecule has 0 aromatic carbocycles. The van der Waals surface area contributed by atoms with Gasteiger partial charge in [-0.05, 0) is 26.4 Å². The summed E-state index contributed by atoms with van der Waals surface area (Å²) in [6.45, 7) is 2.61. The van der Waals surface area contributed by atoms with Gasteiger partial charge >= 0.3 is 5.97 Å². The van der Waals surface area contributed by atoms with Gasteiger partial charge in [0, 0.05) is 12.5 Å². The molecular formula is C10H17NO3. The molecule has 1 N–H and O–H groups in total. The average molecular weight is 199 g/mol. The van der Waals surface area contributed by atoms with E-state index in [4.69, 9.17) is 5.11 Å². The lowest BCUT2D eigenvalue weighted by molar-refractivity contribution is -0.148. The second kappa shape index (κ2) is 4.55. The van der Waals surface area contributed by atoms with Gasteiger partial charge in [0.25, 0.3) is 0 Å².